The van der Waals surface area contributed by atoms with Crippen LogP contribution in [0.1, 0.15) is 0 Å². The van der Waals surface area contributed by atoms with Crippen molar-refractivity contribution in [2.24, 2.45) is 0 Å². The van der Waals surface area contributed by atoms with E-state index in [1.807, 2.05) is 17.5 Å². The molecule has 0 spiro atoms. The van der Waals surface area contributed by atoms with Gasteiger partial charge in [0.05, 0.1) is 17.7 Å². The molecule has 2 heterocycles. The van der Waals surface area contributed by atoms with Crippen LogP contribution in [-0.4, -0.2) is 45.8 Å². The third-order valence-corrected chi connectivity index (χ3v) is 4.37. The van der Waals surface area contributed by atoms with Crippen molar-refractivity contribution in [3.05, 3.63) is 40.7 Å². The van der Waals surface area contributed by atoms with Gasteiger partial charge in [-0.25, -0.2) is 4.79 Å². The van der Waals surface area contributed by atoms with Crippen LogP contribution in [0.2, 0.25) is 5.02 Å². The Hall–Kier alpha value is -2.98. The van der Waals surface area contributed by atoms with Gasteiger partial charge in [-0.15, -0.1) is 21.5 Å². The van der Waals surface area contributed by atoms with Gasteiger partial charge in [-0.2, -0.15) is 4.80 Å². The summed E-state index contributed by atoms with van der Waals surface area (Å²) in [6.07, 6.45) is 0. The molecule has 9 nitrogen and oxygen atoms in total. The SMILES string of the molecule is COc1ccc(Cl)cc1NC(=O)COC(=O)Cn1nnc(-c2cccs2)n1. The number of anilines is 1. The van der Waals surface area contributed by atoms with E-state index in [1.165, 1.54) is 24.5 Å². The zero-order valence-electron chi connectivity index (χ0n) is 14.1. The highest BCUT2D eigenvalue weighted by atomic mass is 35.5. The number of rotatable bonds is 7. The predicted octanol–water partition coefficient (Wildman–Crippen LogP) is 2.25. The Labute approximate surface area is 162 Å². The van der Waals surface area contributed by atoms with E-state index in [9.17, 15) is 9.59 Å². The molecule has 0 atom stereocenters. The lowest BCUT2D eigenvalue weighted by Gasteiger charge is -2.10. The minimum Gasteiger partial charge on any atom is -0.495 e. The van der Waals surface area contributed by atoms with Crippen molar-refractivity contribution >= 4 is 40.5 Å². The quantitative estimate of drug-likeness (QED) is 0.598. The summed E-state index contributed by atoms with van der Waals surface area (Å²) < 4.78 is 10.1. The first-order valence-corrected chi connectivity index (χ1v) is 8.91. The third-order valence-electron chi connectivity index (χ3n) is 3.26. The summed E-state index contributed by atoms with van der Waals surface area (Å²) in [7, 11) is 1.47. The number of amides is 1. The fraction of sp³-hybridized carbons (Fsp3) is 0.188. The summed E-state index contributed by atoms with van der Waals surface area (Å²) in [4.78, 5) is 25.8. The van der Waals surface area contributed by atoms with Crippen LogP contribution in [0.15, 0.2) is 35.7 Å². The maximum Gasteiger partial charge on any atom is 0.330 e. The minimum atomic E-state index is -0.668. The summed E-state index contributed by atoms with van der Waals surface area (Å²) in [6.45, 7) is -0.729. The molecular weight excluding hydrogens is 394 g/mol. The number of thiophene rings is 1. The first-order chi connectivity index (χ1) is 13.0. The number of nitrogens with one attached hydrogen (secondary N) is 1. The summed E-state index contributed by atoms with van der Waals surface area (Å²) in [5.74, 6) is -0.344. The Balaban J connectivity index is 1.50. The van der Waals surface area contributed by atoms with Crippen molar-refractivity contribution in [1.29, 1.82) is 0 Å². The number of carbonyl (C=O) groups excluding carboxylic acids is 2. The third kappa shape index (κ3) is 5.02. The number of aromatic nitrogens is 4. The number of nitrogens with zero attached hydrogens (tertiary/aromatic N) is 4. The molecule has 0 aliphatic heterocycles. The van der Waals surface area contributed by atoms with Crippen LogP contribution < -0.4 is 10.1 Å². The predicted molar refractivity (Wildman–Crippen MR) is 98.7 cm³/mol. The maximum atomic E-state index is 12.0. The van der Waals surface area contributed by atoms with Crippen LogP contribution in [0, 0.1) is 0 Å². The van der Waals surface area contributed by atoms with Crippen molar-refractivity contribution in [2.75, 3.05) is 19.0 Å². The number of esters is 1. The second kappa shape index (κ2) is 8.60. The number of ether oxygens (including phenoxy) is 2. The molecule has 3 aromatic rings. The number of methoxy groups -OCH3 is 1. The van der Waals surface area contributed by atoms with E-state index >= 15 is 0 Å². The summed E-state index contributed by atoms with van der Waals surface area (Å²) in [5, 5.41) is 16.6. The molecule has 0 bridgehead atoms. The first kappa shape index (κ1) is 18.8. The molecule has 0 saturated heterocycles. The molecule has 11 heteroatoms. The molecule has 3 rings (SSSR count). The highest BCUT2D eigenvalue weighted by molar-refractivity contribution is 7.13. The Bertz CT molecular complexity index is 944. The van der Waals surface area contributed by atoms with E-state index < -0.39 is 18.5 Å². The van der Waals surface area contributed by atoms with E-state index in [1.54, 1.807) is 12.1 Å². The summed E-state index contributed by atoms with van der Waals surface area (Å²) in [5.41, 5.74) is 0.379. The second-order valence-electron chi connectivity index (χ2n) is 5.17. The van der Waals surface area contributed by atoms with E-state index in [4.69, 9.17) is 21.1 Å². The van der Waals surface area contributed by atoms with E-state index in [0.29, 0.717) is 22.3 Å². The van der Waals surface area contributed by atoms with Gasteiger partial charge in [0.2, 0.25) is 5.82 Å². The van der Waals surface area contributed by atoms with Gasteiger partial charge in [-0.05, 0) is 34.9 Å². The number of hydrogen-bond donors (Lipinski definition) is 1. The van der Waals surface area contributed by atoms with Crippen molar-refractivity contribution in [3.63, 3.8) is 0 Å². The summed E-state index contributed by atoms with van der Waals surface area (Å²) >= 11 is 7.36. The lowest BCUT2D eigenvalue weighted by molar-refractivity contribution is -0.148. The number of halogens is 1. The molecule has 1 amide bonds. The number of carbonyl (C=O) groups is 2. The second-order valence-corrected chi connectivity index (χ2v) is 6.56. The van der Waals surface area contributed by atoms with Gasteiger partial charge in [0, 0.05) is 5.02 Å². The molecule has 27 heavy (non-hydrogen) atoms. The molecule has 0 fully saturated rings. The molecule has 1 aromatic carbocycles. The number of hydrogen-bond acceptors (Lipinski definition) is 8. The monoisotopic (exact) mass is 407 g/mol. The molecule has 0 unspecified atom stereocenters. The van der Waals surface area contributed by atoms with Crippen LogP contribution in [0.3, 0.4) is 0 Å². The van der Waals surface area contributed by atoms with E-state index in [2.05, 4.69) is 20.7 Å². The van der Waals surface area contributed by atoms with E-state index in [0.717, 1.165) is 9.67 Å². The highest BCUT2D eigenvalue weighted by Crippen LogP contribution is 2.27. The van der Waals surface area contributed by atoms with Crippen molar-refractivity contribution in [1.82, 2.24) is 20.2 Å². The van der Waals surface area contributed by atoms with Crippen LogP contribution in [-0.2, 0) is 20.9 Å². The molecule has 2 aromatic heterocycles. The normalized spacial score (nSPS) is 10.4. The lowest BCUT2D eigenvalue weighted by atomic mass is 10.3. The van der Waals surface area contributed by atoms with Crippen LogP contribution in [0.4, 0.5) is 5.69 Å². The van der Waals surface area contributed by atoms with Crippen LogP contribution >= 0.6 is 22.9 Å². The van der Waals surface area contributed by atoms with Crippen molar-refractivity contribution in [2.45, 2.75) is 6.54 Å². The lowest BCUT2D eigenvalue weighted by Crippen LogP contribution is -2.23. The Morgan fingerprint density at radius 1 is 1.33 bits per heavy atom. The van der Waals surface area contributed by atoms with Gasteiger partial charge in [0.1, 0.15) is 5.75 Å². The topological polar surface area (TPSA) is 108 Å². The van der Waals surface area contributed by atoms with Gasteiger partial charge in [-0.3, -0.25) is 4.79 Å². The van der Waals surface area contributed by atoms with Gasteiger partial charge in [-0.1, -0.05) is 17.7 Å². The smallest absolute Gasteiger partial charge is 0.330 e. The minimum absolute atomic E-state index is 0.258. The van der Waals surface area contributed by atoms with Gasteiger partial charge in [0.15, 0.2) is 13.2 Å². The van der Waals surface area contributed by atoms with Crippen molar-refractivity contribution in [3.8, 4) is 16.5 Å². The first-order valence-electron chi connectivity index (χ1n) is 7.66. The average Bonchev–Trinajstić information content (AvgIpc) is 3.32. The molecular formula is C16H14ClN5O4S. The molecule has 0 saturated carbocycles. The highest BCUT2D eigenvalue weighted by Gasteiger charge is 2.14. The Kier molecular flexibility index (Phi) is 5.99. The molecule has 0 radical (unpaired) electrons. The molecule has 0 aliphatic carbocycles. The molecule has 140 valence electrons. The van der Waals surface area contributed by atoms with Crippen molar-refractivity contribution < 1.29 is 19.1 Å². The van der Waals surface area contributed by atoms with Gasteiger partial charge in [0.25, 0.3) is 5.91 Å². The van der Waals surface area contributed by atoms with Crippen LogP contribution in [0.25, 0.3) is 10.7 Å². The van der Waals surface area contributed by atoms with Crippen LogP contribution in [0.5, 0.6) is 5.75 Å². The summed E-state index contributed by atoms with van der Waals surface area (Å²) in [6, 6.07) is 8.49. The number of tetrazole rings is 1. The zero-order chi connectivity index (χ0) is 19.2. The van der Waals surface area contributed by atoms with E-state index in [-0.39, 0.29) is 6.54 Å². The fourth-order valence-corrected chi connectivity index (χ4v) is 2.91. The average molecular weight is 408 g/mol. The van der Waals surface area contributed by atoms with Gasteiger partial charge >= 0.3 is 5.97 Å². The number of benzene rings is 1. The van der Waals surface area contributed by atoms with Gasteiger partial charge < -0.3 is 14.8 Å². The fourth-order valence-electron chi connectivity index (χ4n) is 2.09. The zero-order valence-corrected chi connectivity index (χ0v) is 15.7. The maximum absolute atomic E-state index is 12.0. The molecule has 0 aliphatic rings. The Morgan fingerprint density at radius 2 is 2.19 bits per heavy atom. The largest absolute Gasteiger partial charge is 0.495 e. The Morgan fingerprint density at radius 3 is 2.93 bits per heavy atom. The standard InChI is InChI=1S/C16H14ClN5O4S/c1-25-12-5-4-10(17)7-11(12)18-14(23)9-26-15(24)8-22-20-16(19-21-22)13-3-2-6-27-13/h2-7H,8-9H2,1H3,(H,18,23). The molecule has 1 N–H and O–H groups in total.